The molecule has 1 rings (SSSR count). The van der Waals surface area contributed by atoms with Crippen molar-refractivity contribution in [1.82, 2.24) is 9.62 Å². The van der Waals surface area contributed by atoms with E-state index in [-0.39, 0.29) is 28.8 Å². The molecule has 0 atom stereocenters. The number of methoxy groups -OCH3 is 2. The van der Waals surface area contributed by atoms with Gasteiger partial charge in [-0.15, -0.1) is 0 Å². The molecule has 118 valence electrons. The third-order valence-electron chi connectivity index (χ3n) is 2.72. The molecule has 0 heterocycles. The first kappa shape index (κ1) is 17.1. The van der Waals surface area contributed by atoms with Crippen LogP contribution in [0.15, 0.2) is 17.0 Å². The number of sulfonamides is 1. The molecule has 0 bridgehead atoms. The van der Waals surface area contributed by atoms with E-state index >= 15 is 0 Å². The Kier molecular flexibility index (Phi) is 5.39. The molecule has 0 unspecified atom stereocenters. The minimum atomic E-state index is -3.94. The van der Waals surface area contributed by atoms with Gasteiger partial charge in [-0.2, -0.15) is 0 Å². The molecule has 0 aliphatic heterocycles. The average molecular weight is 317 g/mol. The summed E-state index contributed by atoms with van der Waals surface area (Å²) >= 11 is 0. The van der Waals surface area contributed by atoms with Crippen LogP contribution in [0.5, 0.6) is 11.5 Å². The zero-order valence-electron chi connectivity index (χ0n) is 12.3. The molecule has 8 nitrogen and oxygen atoms in total. The minimum absolute atomic E-state index is 0.0749. The molecule has 3 N–H and O–H groups in total. The molecule has 1 amide bonds. The van der Waals surface area contributed by atoms with Gasteiger partial charge in [-0.1, -0.05) is 0 Å². The summed E-state index contributed by atoms with van der Waals surface area (Å²) in [4.78, 5) is 12.6. The van der Waals surface area contributed by atoms with Crippen LogP contribution < -0.4 is 19.9 Å². The second-order valence-electron chi connectivity index (χ2n) is 4.36. The van der Waals surface area contributed by atoms with Gasteiger partial charge in [0, 0.05) is 20.2 Å². The van der Waals surface area contributed by atoms with Gasteiger partial charge in [0.15, 0.2) is 0 Å². The Hall–Kier alpha value is -2.00. The summed E-state index contributed by atoms with van der Waals surface area (Å²) in [6.07, 6.45) is 0. The second kappa shape index (κ2) is 6.64. The van der Waals surface area contributed by atoms with Crippen molar-refractivity contribution in [2.24, 2.45) is 0 Å². The molecule has 0 aliphatic rings. The molecular weight excluding hydrogens is 298 g/mol. The Labute approximate surface area is 123 Å². The van der Waals surface area contributed by atoms with Crippen molar-refractivity contribution >= 4 is 21.6 Å². The number of nitrogens with one attached hydrogen (secondary N) is 1. The third kappa shape index (κ3) is 3.99. The molecule has 0 spiro atoms. The molecule has 0 saturated carbocycles. The largest absolute Gasteiger partial charge is 0.495 e. The fourth-order valence-corrected chi connectivity index (χ4v) is 2.65. The summed E-state index contributed by atoms with van der Waals surface area (Å²) in [5, 5.41) is 0. The molecule has 0 radical (unpaired) electrons. The molecule has 0 saturated heterocycles. The number of carbonyl (C=O) groups excluding carboxylic acids is 1. The van der Waals surface area contributed by atoms with Crippen LogP contribution >= 0.6 is 0 Å². The summed E-state index contributed by atoms with van der Waals surface area (Å²) in [6, 6.07) is 2.60. The number of nitrogens with zero attached hydrogens (tertiary/aromatic N) is 1. The summed E-state index contributed by atoms with van der Waals surface area (Å²) in [7, 11) is 1.86. The maximum Gasteiger partial charge on any atom is 0.244 e. The predicted octanol–water partition coefficient (Wildman–Crippen LogP) is -0.347. The molecule has 9 heteroatoms. The van der Waals surface area contributed by atoms with Gasteiger partial charge in [0.1, 0.15) is 16.4 Å². The SMILES string of the molecule is COc1cc(OC)c(S(=O)(=O)NCC(=O)N(C)C)cc1N. The Bertz CT molecular complexity index is 628. The van der Waals surface area contributed by atoms with Gasteiger partial charge in [0.25, 0.3) is 0 Å². The number of amides is 1. The Morgan fingerprint density at radius 2 is 1.81 bits per heavy atom. The lowest BCUT2D eigenvalue weighted by atomic mass is 10.3. The first-order valence-electron chi connectivity index (χ1n) is 5.94. The molecule has 21 heavy (non-hydrogen) atoms. The standard InChI is InChI=1S/C12H19N3O5S/c1-15(2)12(16)7-14-21(17,18)11-5-8(13)9(19-3)6-10(11)20-4/h5-6,14H,7,13H2,1-4H3. The van der Waals surface area contributed by atoms with Crippen LogP contribution in [0.2, 0.25) is 0 Å². The Morgan fingerprint density at radius 3 is 2.29 bits per heavy atom. The fourth-order valence-electron chi connectivity index (χ4n) is 1.50. The number of hydrogen-bond acceptors (Lipinski definition) is 6. The number of anilines is 1. The number of rotatable bonds is 6. The normalized spacial score (nSPS) is 11.0. The zero-order valence-corrected chi connectivity index (χ0v) is 13.2. The van der Waals surface area contributed by atoms with Crippen molar-refractivity contribution < 1.29 is 22.7 Å². The van der Waals surface area contributed by atoms with Crippen LogP contribution in [0.25, 0.3) is 0 Å². The molecule has 0 aromatic heterocycles. The molecule has 1 aromatic carbocycles. The smallest absolute Gasteiger partial charge is 0.244 e. The highest BCUT2D eigenvalue weighted by molar-refractivity contribution is 7.89. The fraction of sp³-hybridized carbons (Fsp3) is 0.417. The second-order valence-corrected chi connectivity index (χ2v) is 6.09. The van der Waals surface area contributed by atoms with Crippen LogP contribution in [-0.2, 0) is 14.8 Å². The van der Waals surface area contributed by atoms with E-state index in [9.17, 15) is 13.2 Å². The highest BCUT2D eigenvalue weighted by Gasteiger charge is 2.23. The maximum atomic E-state index is 12.2. The number of likely N-dealkylation sites (N-methyl/N-ethyl adjacent to an activating group) is 1. The Morgan fingerprint density at radius 1 is 1.24 bits per heavy atom. The summed E-state index contributed by atoms with van der Waals surface area (Å²) in [6.45, 7) is -0.357. The van der Waals surface area contributed by atoms with E-state index in [1.54, 1.807) is 0 Å². The highest BCUT2D eigenvalue weighted by Crippen LogP contribution is 2.33. The van der Waals surface area contributed by atoms with Crippen molar-refractivity contribution in [3.63, 3.8) is 0 Å². The molecule has 1 aromatic rings. The van der Waals surface area contributed by atoms with Gasteiger partial charge in [-0.25, -0.2) is 13.1 Å². The lowest BCUT2D eigenvalue weighted by Crippen LogP contribution is -2.36. The lowest BCUT2D eigenvalue weighted by molar-refractivity contribution is -0.127. The first-order chi connectivity index (χ1) is 9.72. The maximum absolute atomic E-state index is 12.2. The molecular formula is C12H19N3O5S. The number of nitrogens with two attached hydrogens (primary N) is 1. The van der Waals surface area contributed by atoms with Crippen molar-refractivity contribution in [2.45, 2.75) is 4.90 Å². The van der Waals surface area contributed by atoms with Crippen molar-refractivity contribution in [3.05, 3.63) is 12.1 Å². The van der Waals surface area contributed by atoms with Crippen LogP contribution in [-0.4, -0.2) is 54.1 Å². The number of ether oxygens (including phenoxy) is 2. The van der Waals surface area contributed by atoms with E-state index in [2.05, 4.69) is 4.72 Å². The van der Waals surface area contributed by atoms with E-state index in [0.717, 1.165) is 0 Å². The minimum Gasteiger partial charge on any atom is -0.495 e. The van der Waals surface area contributed by atoms with Gasteiger partial charge in [0.05, 0.1) is 26.5 Å². The van der Waals surface area contributed by atoms with Crippen LogP contribution in [0, 0.1) is 0 Å². The molecule has 0 fully saturated rings. The third-order valence-corrected chi connectivity index (χ3v) is 4.14. The predicted molar refractivity (Wildman–Crippen MR) is 77.8 cm³/mol. The van der Waals surface area contributed by atoms with Crippen molar-refractivity contribution in [2.75, 3.05) is 40.6 Å². The van der Waals surface area contributed by atoms with Gasteiger partial charge in [-0.3, -0.25) is 4.79 Å². The van der Waals surface area contributed by atoms with E-state index in [4.69, 9.17) is 15.2 Å². The molecule has 0 aliphatic carbocycles. The van der Waals surface area contributed by atoms with Gasteiger partial charge < -0.3 is 20.1 Å². The monoisotopic (exact) mass is 317 g/mol. The highest BCUT2D eigenvalue weighted by atomic mass is 32.2. The summed E-state index contributed by atoms with van der Waals surface area (Å²) < 4.78 is 36.7. The average Bonchev–Trinajstić information content (AvgIpc) is 2.44. The number of nitrogen functional groups attached to an aromatic ring is 1. The van der Waals surface area contributed by atoms with Crippen molar-refractivity contribution in [3.8, 4) is 11.5 Å². The summed E-state index contributed by atoms with van der Waals surface area (Å²) in [5.74, 6) is 0.0000420. The van der Waals surface area contributed by atoms with E-state index < -0.39 is 10.0 Å². The first-order valence-corrected chi connectivity index (χ1v) is 7.42. The van der Waals surface area contributed by atoms with Gasteiger partial charge in [0.2, 0.25) is 15.9 Å². The van der Waals surface area contributed by atoms with Gasteiger partial charge in [-0.05, 0) is 6.07 Å². The van der Waals surface area contributed by atoms with Crippen LogP contribution in [0.1, 0.15) is 0 Å². The zero-order chi connectivity index (χ0) is 16.2. The Balaban J connectivity index is 3.13. The number of hydrogen-bond donors (Lipinski definition) is 2. The van der Waals surface area contributed by atoms with E-state index in [1.165, 1.54) is 45.3 Å². The van der Waals surface area contributed by atoms with E-state index in [1.807, 2.05) is 0 Å². The number of carbonyl (C=O) groups is 1. The van der Waals surface area contributed by atoms with Crippen molar-refractivity contribution in [1.29, 1.82) is 0 Å². The van der Waals surface area contributed by atoms with Crippen LogP contribution in [0.3, 0.4) is 0 Å². The van der Waals surface area contributed by atoms with Crippen LogP contribution in [0.4, 0.5) is 5.69 Å². The lowest BCUT2D eigenvalue weighted by Gasteiger charge is -2.15. The van der Waals surface area contributed by atoms with E-state index in [0.29, 0.717) is 5.75 Å². The summed E-state index contributed by atoms with van der Waals surface area (Å²) in [5.41, 5.74) is 5.86. The quantitative estimate of drug-likeness (QED) is 0.694. The topological polar surface area (TPSA) is 111 Å². The van der Waals surface area contributed by atoms with Gasteiger partial charge >= 0.3 is 0 Å². The number of benzene rings is 1.